The number of hydrogen-bond donors (Lipinski definition) is 3. The third kappa shape index (κ3) is 4.04. The Labute approximate surface area is 124 Å². The van der Waals surface area contributed by atoms with E-state index in [-0.39, 0.29) is 17.7 Å². The summed E-state index contributed by atoms with van der Waals surface area (Å²) in [6.45, 7) is 4.00. The highest BCUT2D eigenvalue weighted by molar-refractivity contribution is 5.82. The number of amides is 1. The zero-order valence-electron chi connectivity index (χ0n) is 12.3. The maximum absolute atomic E-state index is 12.4. The van der Waals surface area contributed by atoms with Gasteiger partial charge in [0, 0.05) is 13.1 Å². The molecule has 5 nitrogen and oxygen atoms in total. The normalized spacial score (nSPS) is 21.8. The van der Waals surface area contributed by atoms with Gasteiger partial charge in [0.15, 0.2) is 0 Å². The van der Waals surface area contributed by atoms with Crippen LogP contribution in [0.1, 0.15) is 30.9 Å². The quantitative estimate of drug-likeness (QED) is 0.764. The van der Waals surface area contributed by atoms with Crippen LogP contribution in [0.3, 0.4) is 0 Å². The number of benzene rings is 1. The highest BCUT2D eigenvalue weighted by Gasteiger charge is 2.34. The number of carbonyl (C=O) groups is 2. The molecule has 1 saturated heterocycles. The van der Waals surface area contributed by atoms with Crippen molar-refractivity contribution in [1.29, 1.82) is 0 Å². The number of piperidine rings is 1. The van der Waals surface area contributed by atoms with Gasteiger partial charge in [0.1, 0.15) is 0 Å². The van der Waals surface area contributed by atoms with Crippen LogP contribution in [0.4, 0.5) is 0 Å². The van der Waals surface area contributed by atoms with Crippen LogP contribution in [0, 0.1) is 5.41 Å². The fourth-order valence-corrected chi connectivity index (χ4v) is 2.70. The van der Waals surface area contributed by atoms with Crippen molar-refractivity contribution in [3.05, 3.63) is 35.4 Å². The van der Waals surface area contributed by atoms with Crippen LogP contribution in [0.25, 0.3) is 0 Å². The lowest BCUT2D eigenvalue weighted by molar-refractivity contribution is -0.136. The molecule has 0 aliphatic carbocycles. The number of nitrogens with one attached hydrogen (secondary N) is 2. The summed E-state index contributed by atoms with van der Waals surface area (Å²) >= 11 is 0. The van der Waals surface area contributed by atoms with Crippen molar-refractivity contribution < 1.29 is 14.7 Å². The number of carboxylic acids is 1. The van der Waals surface area contributed by atoms with Crippen molar-refractivity contribution in [1.82, 2.24) is 10.6 Å². The Kier molecular flexibility index (Phi) is 4.96. The van der Waals surface area contributed by atoms with Gasteiger partial charge in [0.05, 0.1) is 11.8 Å². The molecule has 5 heteroatoms. The first kappa shape index (κ1) is 15.5. The van der Waals surface area contributed by atoms with Gasteiger partial charge >= 0.3 is 5.97 Å². The van der Waals surface area contributed by atoms with Gasteiger partial charge in [-0.1, -0.05) is 24.3 Å². The molecule has 21 heavy (non-hydrogen) atoms. The maximum atomic E-state index is 12.4. The lowest BCUT2D eigenvalue weighted by Gasteiger charge is -2.32. The van der Waals surface area contributed by atoms with E-state index < -0.39 is 5.97 Å². The Bertz CT molecular complexity index is 522. The minimum Gasteiger partial charge on any atom is -0.481 e. The van der Waals surface area contributed by atoms with Crippen LogP contribution >= 0.6 is 0 Å². The summed E-state index contributed by atoms with van der Waals surface area (Å²) in [4.78, 5) is 23.2. The third-order valence-electron chi connectivity index (χ3n) is 4.04. The topological polar surface area (TPSA) is 78.4 Å². The minimum atomic E-state index is -0.864. The van der Waals surface area contributed by atoms with E-state index in [0.717, 1.165) is 30.5 Å². The van der Waals surface area contributed by atoms with Crippen LogP contribution in [-0.4, -0.2) is 30.1 Å². The largest absolute Gasteiger partial charge is 0.481 e. The molecule has 2 rings (SSSR count). The van der Waals surface area contributed by atoms with E-state index in [1.807, 2.05) is 25.1 Å². The standard InChI is InChI=1S/C16H22N2O3/c1-16(7-4-8-17-11-16)15(21)18-10-13-6-3-2-5-12(13)9-14(19)20/h2-3,5-6,17H,4,7-11H2,1H3,(H,18,21)(H,19,20). The van der Waals surface area contributed by atoms with Crippen LogP contribution in [-0.2, 0) is 22.6 Å². The van der Waals surface area contributed by atoms with Crippen molar-refractivity contribution in [2.45, 2.75) is 32.7 Å². The van der Waals surface area contributed by atoms with Crippen LogP contribution in [0.5, 0.6) is 0 Å². The second-order valence-electron chi connectivity index (χ2n) is 5.86. The number of aliphatic carboxylic acids is 1. The lowest BCUT2D eigenvalue weighted by Crippen LogP contribution is -2.48. The first-order valence-electron chi connectivity index (χ1n) is 7.29. The molecular weight excluding hydrogens is 268 g/mol. The van der Waals surface area contributed by atoms with Crippen molar-refractivity contribution in [3.8, 4) is 0 Å². The van der Waals surface area contributed by atoms with Crippen molar-refractivity contribution in [2.75, 3.05) is 13.1 Å². The van der Waals surface area contributed by atoms with Crippen LogP contribution in [0.2, 0.25) is 0 Å². The van der Waals surface area contributed by atoms with E-state index in [1.54, 1.807) is 6.07 Å². The molecule has 1 aromatic rings. The molecule has 0 radical (unpaired) electrons. The monoisotopic (exact) mass is 290 g/mol. The van der Waals surface area contributed by atoms with Gasteiger partial charge in [-0.3, -0.25) is 9.59 Å². The maximum Gasteiger partial charge on any atom is 0.307 e. The SMILES string of the molecule is CC1(C(=O)NCc2ccccc2CC(=O)O)CCCNC1. The molecule has 3 N–H and O–H groups in total. The number of rotatable bonds is 5. The van der Waals surface area contributed by atoms with Crippen molar-refractivity contribution in [2.24, 2.45) is 5.41 Å². The number of carbonyl (C=O) groups excluding carboxylic acids is 1. The summed E-state index contributed by atoms with van der Waals surface area (Å²) in [5, 5.41) is 15.1. The second kappa shape index (κ2) is 6.72. The van der Waals surface area contributed by atoms with E-state index in [4.69, 9.17) is 5.11 Å². The zero-order valence-corrected chi connectivity index (χ0v) is 12.3. The van der Waals surface area contributed by atoms with E-state index >= 15 is 0 Å². The van der Waals surface area contributed by atoms with E-state index in [0.29, 0.717) is 13.1 Å². The highest BCUT2D eigenvalue weighted by Crippen LogP contribution is 2.25. The summed E-state index contributed by atoms with van der Waals surface area (Å²) in [7, 11) is 0. The molecule has 1 amide bonds. The van der Waals surface area contributed by atoms with Crippen LogP contribution in [0.15, 0.2) is 24.3 Å². The Hall–Kier alpha value is -1.88. The average Bonchev–Trinajstić information content (AvgIpc) is 2.46. The van der Waals surface area contributed by atoms with E-state index in [9.17, 15) is 9.59 Å². The average molecular weight is 290 g/mol. The molecule has 1 aromatic carbocycles. The number of hydrogen-bond acceptors (Lipinski definition) is 3. The Balaban J connectivity index is 1.99. The summed E-state index contributed by atoms with van der Waals surface area (Å²) in [6, 6.07) is 7.33. The minimum absolute atomic E-state index is 0.0229. The summed E-state index contributed by atoms with van der Waals surface area (Å²) in [5.74, 6) is -0.836. The fourth-order valence-electron chi connectivity index (χ4n) is 2.70. The van der Waals surface area contributed by atoms with E-state index in [2.05, 4.69) is 10.6 Å². The van der Waals surface area contributed by atoms with Gasteiger partial charge in [-0.15, -0.1) is 0 Å². The van der Waals surface area contributed by atoms with Gasteiger partial charge in [-0.25, -0.2) is 0 Å². The second-order valence-corrected chi connectivity index (χ2v) is 5.86. The Morgan fingerprint density at radius 1 is 1.33 bits per heavy atom. The van der Waals surface area contributed by atoms with Gasteiger partial charge in [0.2, 0.25) is 5.91 Å². The molecule has 1 unspecified atom stereocenters. The van der Waals surface area contributed by atoms with Crippen molar-refractivity contribution >= 4 is 11.9 Å². The fraction of sp³-hybridized carbons (Fsp3) is 0.500. The number of carboxylic acid groups (broad SMARTS) is 1. The molecule has 114 valence electrons. The van der Waals surface area contributed by atoms with Gasteiger partial charge in [0.25, 0.3) is 0 Å². The molecule has 1 aliphatic heterocycles. The predicted molar refractivity (Wildman–Crippen MR) is 79.8 cm³/mol. The van der Waals surface area contributed by atoms with Crippen molar-refractivity contribution in [3.63, 3.8) is 0 Å². The first-order valence-corrected chi connectivity index (χ1v) is 7.29. The molecule has 0 aromatic heterocycles. The van der Waals surface area contributed by atoms with Gasteiger partial charge in [-0.2, -0.15) is 0 Å². The Morgan fingerprint density at radius 3 is 2.67 bits per heavy atom. The Morgan fingerprint density at radius 2 is 2.05 bits per heavy atom. The lowest BCUT2D eigenvalue weighted by atomic mass is 9.82. The molecule has 1 aliphatic rings. The predicted octanol–water partition coefficient (Wildman–Crippen LogP) is 1.32. The zero-order chi connectivity index (χ0) is 15.3. The molecule has 0 bridgehead atoms. The smallest absolute Gasteiger partial charge is 0.307 e. The van der Waals surface area contributed by atoms with Gasteiger partial charge < -0.3 is 15.7 Å². The third-order valence-corrected chi connectivity index (χ3v) is 4.04. The molecule has 0 saturated carbocycles. The summed E-state index contributed by atoms with van der Waals surface area (Å²) in [5.41, 5.74) is 1.23. The molecule has 1 fully saturated rings. The van der Waals surface area contributed by atoms with E-state index in [1.165, 1.54) is 0 Å². The molecule has 1 atom stereocenters. The highest BCUT2D eigenvalue weighted by atomic mass is 16.4. The molecule has 1 heterocycles. The molecule has 0 spiro atoms. The van der Waals surface area contributed by atoms with Crippen LogP contribution < -0.4 is 10.6 Å². The molecular formula is C16H22N2O3. The summed E-state index contributed by atoms with van der Waals surface area (Å²) < 4.78 is 0. The summed E-state index contributed by atoms with van der Waals surface area (Å²) in [6.07, 6.45) is 1.85. The van der Waals surface area contributed by atoms with Gasteiger partial charge in [-0.05, 0) is 37.4 Å². The first-order chi connectivity index (χ1) is 10.0.